The average molecular weight is 513 g/mol. The summed E-state index contributed by atoms with van der Waals surface area (Å²) in [6.07, 6.45) is 6.71. The number of hydrogen-bond donors (Lipinski definition) is 3. The molecule has 0 radical (unpaired) electrons. The standard InChI is InChI=1S/C26H40N8O3/c1-26(2,28)23(35)32-9-11-33(12-10-32)24(36)29-22-7-8-34(25(37)30-22)18-5-3-17(4-6-18)14-31-15-20-19(13-27)21(20)16-31/h5,7-8,17,19-21H,3-4,6,9-16,27-28H2,1-2H3,(H,29,30,36,37)/t17?,19?,20-,21+. The van der Waals surface area contributed by atoms with Crippen LogP contribution in [0.15, 0.2) is 23.1 Å². The summed E-state index contributed by atoms with van der Waals surface area (Å²) >= 11 is 0. The summed E-state index contributed by atoms with van der Waals surface area (Å²) in [6.45, 7) is 9.32. The van der Waals surface area contributed by atoms with Crippen LogP contribution >= 0.6 is 0 Å². The summed E-state index contributed by atoms with van der Waals surface area (Å²) in [5, 5.41) is 2.72. The Morgan fingerprint density at radius 2 is 1.81 bits per heavy atom. The predicted octanol–water partition coefficient (Wildman–Crippen LogP) is 0.434. The number of nitrogens with two attached hydrogens (primary N) is 2. The summed E-state index contributed by atoms with van der Waals surface area (Å²) in [5.74, 6) is 3.11. The van der Waals surface area contributed by atoms with Gasteiger partial charge in [0.05, 0.1) is 5.54 Å². The van der Waals surface area contributed by atoms with Crippen molar-refractivity contribution < 1.29 is 9.59 Å². The van der Waals surface area contributed by atoms with Crippen molar-refractivity contribution in [3.63, 3.8) is 0 Å². The molecule has 1 aromatic rings. The quantitative estimate of drug-likeness (QED) is 0.502. The first-order valence-corrected chi connectivity index (χ1v) is 13.5. The van der Waals surface area contributed by atoms with Crippen molar-refractivity contribution in [2.45, 2.75) is 38.6 Å². The van der Waals surface area contributed by atoms with Crippen LogP contribution in [0.25, 0.3) is 5.70 Å². The number of rotatable bonds is 6. The summed E-state index contributed by atoms with van der Waals surface area (Å²) in [7, 11) is 0. The highest BCUT2D eigenvalue weighted by atomic mass is 16.2. The monoisotopic (exact) mass is 512 g/mol. The number of piperazine rings is 1. The number of carbonyl (C=O) groups is 2. The number of fused-ring (bicyclic) bond motifs is 1. The molecule has 2 unspecified atom stereocenters. The minimum absolute atomic E-state index is 0.130. The third kappa shape index (κ3) is 5.58. The van der Waals surface area contributed by atoms with Crippen molar-refractivity contribution in [2.24, 2.45) is 35.1 Å². The van der Waals surface area contributed by atoms with Gasteiger partial charge in [0.1, 0.15) is 5.82 Å². The van der Waals surface area contributed by atoms with Gasteiger partial charge in [-0.2, -0.15) is 4.98 Å². The third-order valence-corrected chi connectivity index (χ3v) is 8.48. The highest BCUT2D eigenvalue weighted by Crippen LogP contribution is 2.51. The van der Waals surface area contributed by atoms with Crippen LogP contribution in [0.4, 0.5) is 10.6 Å². The molecule has 2 aliphatic carbocycles. The van der Waals surface area contributed by atoms with E-state index in [9.17, 15) is 14.4 Å². The molecule has 3 fully saturated rings. The first kappa shape index (κ1) is 25.9. The first-order valence-electron chi connectivity index (χ1n) is 13.5. The van der Waals surface area contributed by atoms with Crippen molar-refractivity contribution in [1.29, 1.82) is 0 Å². The maximum atomic E-state index is 12.7. The van der Waals surface area contributed by atoms with Crippen LogP contribution in [0.5, 0.6) is 0 Å². The Hall–Kier alpha value is -2.76. The van der Waals surface area contributed by atoms with Gasteiger partial charge in [0, 0.05) is 57.7 Å². The van der Waals surface area contributed by atoms with Gasteiger partial charge in [-0.3, -0.25) is 14.7 Å². The molecule has 3 heterocycles. The summed E-state index contributed by atoms with van der Waals surface area (Å²) in [4.78, 5) is 47.8. The van der Waals surface area contributed by atoms with Gasteiger partial charge < -0.3 is 26.2 Å². The average Bonchev–Trinajstić information content (AvgIpc) is 3.36. The Balaban J connectivity index is 1.10. The van der Waals surface area contributed by atoms with Crippen LogP contribution in [-0.4, -0.2) is 94.1 Å². The van der Waals surface area contributed by atoms with Gasteiger partial charge >= 0.3 is 11.7 Å². The summed E-state index contributed by atoms with van der Waals surface area (Å²) in [5.41, 5.74) is 11.4. The van der Waals surface area contributed by atoms with E-state index in [4.69, 9.17) is 11.5 Å². The molecular formula is C26H40N8O3. The van der Waals surface area contributed by atoms with Crippen LogP contribution in [0.3, 0.4) is 0 Å². The zero-order valence-electron chi connectivity index (χ0n) is 21.9. The topological polar surface area (TPSA) is 143 Å². The molecule has 0 aromatic carbocycles. The number of carbonyl (C=O) groups excluding carboxylic acids is 2. The molecule has 4 aliphatic rings. The Morgan fingerprint density at radius 3 is 2.38 bits per heavy atom. The van der Waals surface area contributed by atoms with Crippen LogP contribution < -0.4 is 22.5 Å². The molecule has 11 nitrogen and oxygen atoms in total. The molecule has 3 amide bonds. The molecule has 202 valence electrons. The second kappa shape index (κ2) is 10.2. The van der Waals surface area contributed by atoms with Gasteiger partial charge in [-0.1, -0.05) is 6.08 Å². The Kier molecular flexibility index (Phi) is 7.12. The van der Waals surface area contributed by atoms with E-state index in [0.29, 0.717) is 32.1 Å². The van der Waals surface area contributed by atoms with Gasteiger partial charge in [-0.05, 0) is 69.4 Å². The molecule has 4 atom stereocenters. The van der Waals surface area contributed by atoms with Crippen molar-refractivity contribution in [1.82, 2.24) is 24.3 Å². The Bertz CT molecular complexity index is 1110. The number of nitrogens with zero attached hydrogens (tertiary/aromatic N) is 5. The molecule has 0 bridgehead atoms. The van der Waals surface area contributed by atoms with Gasteiger partial charge in [0.15, 0.2) is 0 Å². The maximum absolute atomic E-state index is 12.7. The van der Waals surface area contributed by atoms with Crippen molar-refractivity contribution in [3.05, 3.63) is 28.8 Å². The van der Waals surface area contributed by atoms with Gasteiger partial charge in [0.25, 0.3) is 0 Å². The number of hydrogen-bond acceptors (Lipinski definition) is 7. The normalized spacial score (nSPS) is 28.1. The largest absolute Gasteiger partial charge is 0.353 e. The highest BCUT2D eigenvalue weighted by molar-refractivity contribution is 5.89. The van der Waals surface area contributed by atoms with E-state index in [2.05, 4.69) is 21.3 Å². The first-order chi connectivity index (χ1) is 17.6. The van der Waals surface area contributed by atoms with Crippen molar-refractivity contribution in [3.8, 4) is 0 Å². The van der Waals surface area contributed by atoms with Crippen LogP contribution in [0.1, 0.15) is 33.1 Å². The zero-order chi connectivity index (χ0) is 26.3. The maximum Gasteiger partial charge on any atom is 0.353 e. The lowest BCUT2D eigenvalue weighted by atomic mass is 9.91. The summed E-state index contributed by atoms with van der Waals surface area (Å²) < 4.78 is 1.59. The fourth-order valence-corrected chi connectivity index (χ4v) is 6.26. The number of urea groups is 1. The minimum Gasteiger partial charge on any atom is -0.338 e. The van der Waals surface area contributed by atoms with Crippen LogP contribution in [0.2, 0.25) is 0 Å². The van der Waals surface area contributed by atoms with E-state index in [-0.39, 0.29) is 17.8 Å². The molecule has 11 heteroatoms. The number of piperidine rings is 1. The number of amides is 3. The molecule has 2 saturated heterocycles. The number of allylic oxidation sites excluding steroid dienone is 2. The lowest BCUT2D eigenvalue weighted by Crippen LogP contribution is -2.58. The smallest absolute Gasteiger partial charge is 0.338 e. The molecule has 37 heavy (non-hydrogen) atoms. The number of nitrogens with one attached hydrogen (secondary N) is 1. The van der Waals surface area contributed by atoms with E-state index >= 15 is 0 Å². The molecule has 2 aliphatic heterocycles. The fourth-order valence-electron chi connectivity index (χ4n) is 6.26. The fraction of sp³-hybridized carbons (Fsp3) is 0.692. The van der Waals surface area contributed by atoms with Crippen LogP contribution in [0, 0.1) is 23.7 Å². The van der Waals surface area contributed by atoms with E-state index < -0.39 is 11.2 Å². The number of likely N-dealkylation sites (tertiary alicyclic amines) is 1. The number of aromatic nitrogens is 2. The van der Waals surface area contributed by atoms with Gasteiger partial charge in [-0.25, -0.2) is 9.59 Å². The lowest BCUT2D eigenvalue weighted by molar-refractivity contribution is -0.137. The van der Waals surface area contributed by atoms with E-state index in [1.165, 1.54) is 13.1 Å². The molecule has 1 aromatic heterocycles. The second-order valence-corrected chi connectivity index (χ2v) is 11.7. The molecule has 5 N–H and O–H groups in total. The van der Waals surface area contributed by atoms with Crippen molar-refractivity contribution in [2.75, 3.05) is 57.7 Å². The van der Waals surface area contributed by atoms with E-state index in [0.717, 1.165) is 55.8 Å². The van der Waals surface area contributed by atoms with Crippen LogP contribution in [-0.2, 0) is 4.79 Å². The van der Waals surface area contributed by atoms with E-state index in [1.807, 2.05) is 0 Å². The second-order valence-electron chi connectivity index (χ2n) is 11.7. The van der Waals surface area contributed by atoms with Gasteiger partial charge in [0.2, 0.25) is 5.91 Å². The van der Waals surface area contributed by atoms with Gasteiger partial charge in [-0.15, -0.1) is 0 Å². The minimum atomic E-state index is -0.935. The third-order valence-electron chi connectivity index (χ3n) is 8.48. The SMILES string of the molecule is CC(C)(N)C(=O)N1CCN(C(=O)Nc2ccn(C3=CCC(CN4C[C@@H]5C(CN)[C@@H]5C4)CC3)c(=O)n2)CC1. The molecule has 1 saturated carbocycles. The zero-order valence-corrected chi connectivity index (χ0v) is 21.9. The van der Waals surface area contributed by atoms with E-state index in [1.54, 1.807) is 40.5 Å². The summed E-state index contributed by atoms with van der Waals surface area (Å²) in [6, 6.07) is 1.33. The lowest BCUT2D eigenvalue weighted by Gasteiger charge is -2.37. The van der Waals surface area contributed by atoms with Crippen molar-refractivity contribution >= 4 is 23.5 Å². The predicted molar refractivity (Wildman–Crippen MR) is 142 cm³/mol. The molecule has 5 rings (SSSR count). The molecular weight excluding hydrogens is 472 g/mol. The Labute approximate surface area is 217 Å². The number of anilines is 1. The highest BCUT2D eigenvalue weighted by Gasteiger charge is 2.54. The Morgan fingerprint density at radius 1 is 1.14 bits per heavy atom. The molecule has 0 spiro atoms.